The molecule has 1 aliphatic carbocycles. The van der Waals surface area contributed by atoms with Crippen molar-refractivity contribution in [2.24, 2.45) is 10.9 Å². The molecule has 2 N–H and O–H groups in total. The Hall–Kier alpha value is -1.21. The molecule has 0 aliphatic heterocycles. The van der Waals surface area contributed by atoms with Gasteiger partial charge in [-0.15, -0.1) is 6.42 Å². The monoisotopic (exact) mass is 223 g/mol. The van der Waals surface area contributed by atoms with Crippen LogP contribution in [0.5, 0.6) is 0 Å². The van der Waals surface area contributed by atoms with Crippen molar-refractivity contribution >= 4 is 5.96 Å². The van der Waals surface area contributed by atoms with Crippen molar-refractivity contribution < 1.29 is 4.74 Å². The fourth-order valence-corrected chi connectivity index (χ4v) is 1.23. The van der Waals surface area contributed by atoms with E-state index in [0.29, 0.717) is 19.7 Å². The van der Waals surface area contributed by atoms with E-state index in [9.17, 15) is 0 Å². The average molecular weight is 223 g/mol. The Morgan fingerprint density at radius 2 is 2.31 bits per heavy atom. The first kappa shape index (κ1) is 12.9. The summed E-state index contributed by atoms with van der Waals surface area (Å²) >= 11 is 0. The van der Waals surface area contributed by atoms with Crippen LogP contribution in [0, 0.1) is 18.3 Å². The van der Waals surface area contributed by atoms with Gasteiger partial charge in [0.15, 0.2) is 5.96 Å². The number of guanidine groups is 1. The lowest BCUT2D eigenvalue weighted by Gasteiger charge is -2.08. The molecule has 1 aliphatic rings. The number of nitrogens with zero attached hydrogens (tertiary/aromatic N) is 1. The molecule has 0 amide bonds. The van der Waals surface area contributed by atoms with Crippen LogP contribution in [0.4, 0.5) is 0 Å². The largest absolute Gasteiger partial charge is 0.379 e. The number of terminal acetylenes is 1. The normalized spacial score (nSPS) is 15.6. The van der Waals surface area contributed by atoms with Gasteiger partial charge in [-0.1, -0.05) is 5.92 Å². The maximum absolute atomic E-state index is 5.49. The number of ether oxygens (including phenoxy) is 1. The van der Waals surface area contributed by atoms with Crippen LogP contribution in [0.25, 0.3) is 0 Å². The molecule has 0 heterocycles. The van der Waals surface area contributed by atoms with Gasteiger partial charge in [0.25, 0.3) is 0 Å². The summed E-state index contributed by atoms with van der Waals surface area (Å²) in [4.78, 5) is 4.34. The maximum Gasteiger partial charge on any atom is 0.192 e. The summed E-state index contributed by atoms with van der Waals surface area (Å²) in [6, 6.07) is 0. The van der Waals surface area contributed by atoms with Gasteiger partial charge in [0, 0.05) is 13.2 Å². The van der Waals surface area contributed by atoms with E-state index in [4.69, 9.17) is 11.2 Å². The molecule has 16 heavy (non-hydrogen) atoms. The number of hydrogen-bond acceptors (Lipinski definition) is 2. The fraction of sp³-hybridized carbons (Fsp3) is 0.750. The molecule has 0 aromatic carbocycles. The van der Waals surface area contributed by atoms with E-state index >= 15 is 0 Å². The lowest BCUT2D eigenvalue weighted by atomic mass is 10.5. The van der Waals surface area contributed by atoms with Crippen LogP contribution in [0.15, 0.2) is 4.99 Å². The first-order valence-corrected chi connectivity index (χ1v) is 5.90. The third-order valence-corrected chi connectivity index (χ3v) is 2.26. The quantitative estimate of drug-likeness (QED) is 0.287. The molecule has 0 unspecified atom stereocenters. The van der Waals surface area contributed by atoms with Gasteiger partial charge < -0.3 is 15.4 Å². The molecule has 4 nitrogen and oxygen atoms in total. The summed E-state index contributed by atoms with van der Waals surface area (Å²) in [7, 11) is 0. The minimum absolute atomic E-state index is 0.495. The van der Waals surface area contributed by atoms with Gasteiger partial charge in [0.05, 0.1) is 19.7 Å². The van der Waals surface area contributed by atoms with Gasteiger partial charge in [-0.05, 0) is 25.7 Å². The van der Waals surface area contributed by atoms with Crippen LogP contribution in [0.2, 0.25) is 0 Å². The van der Waals surface area contributed by atoms with Crippen molar-refractivity contribution in [3.05, 3.63) is 0 Å². The van der Waals surface area contributed by atoms with Crippen LogP contribution in [0.1, 0.15) is 19.8 Å². The van der Waals surface area contributed by atoms with Crippen LogP contribution in [-0.4, -0.2) is 38.8 Å². The Bertz CT molecular complexity index is 253. The summed E-state index contributed by atoms with van der Waals surface area (Å²) in [6.45, 7) is 5.60. The minimum Gasteiger partial charge on any atom is -0.379 e. The number of aliphatic imine (C=N–C) groups is 1. The highest BCUT2D eigenvalue weighted by atomic mass is 16.5. The Labute approximate surface area is 97.9 Å². The van der Waals surface area contributed by atoms with Crippen LogP contribution in [0.3, 0.4) is 0 Å². The van der Waals surface area contributed by atoms with E-state index in [1.807, 2.05) is 6.92 Å². The molecule has 0 aromatic rings. The van der Waals surface area contributed by atoms with Gasteiger partial charge in [-0.25, -0.2) is 0 Å². The zero-order chi connectivity index (χ0) is 11.6. The molecule has 90 valence electrons. The Morgan fingerprint density at radius 1 is 1.50 bits per heavy atom. The van der Waals surface area contributed by atoms with Gasteiger partial charge in [-0.2, -0.15) is 0 Å². The highest BCUT2D eigenvalue weighted by Gasteiger charge is 2.20. The van der Waals surface area contributed by atoms with E-state index in [1.54, 1.807) is 0 Å². The van der Waals surface area contributed by atoms with Crippen LogP contribution >= 0.6 is 0 Å². The molecule has 0 aromatic heterocycles. The molecule has 0 radical (unpaired) electrons. The van der Waals surface area contributed by atoms with Crippen molar-refractivity contribution in [1.82, 2.24) is 10.6 Å². The average Bonchev–Trinajstić information content (AvgIpc) is 3.09. The van der Waals surface area contributed by atoms with Crippen molar-refractivity contribution in [3.63, 3.8) is 0 Å². The molecule has 1 rings (SSSR count). The first-order valence-electron chi connectivity index (χ1n) is 5.90. The molecular formula is C12H21N3O. The SMILES string of the molecule is C#CCNC(=NCCOCC1CC1)NCC. The molecule has 0 saturated heterocycles. The number of hydrogen-bond donors (Lipinski definition) is 2. The molecular weight excluding hydrogens is 202 g/mol. The highest BCUT2D eigenvalue weighted by Crippen LogP contribution is 2.28. The van der Waals surface area contributed by atoms with Crippen molar-refractivity contribution in [3.8, 4) is 12.3 Å². The van der Waals surface area contributed by atoms with E-state index in [0.717, 1.165) is 25.0 Å². The minimum atomic E-state index is 0.495. The molecule has 4 heteroatoms. The van der Waals surface area contributed by atoms with E-state index in [2.05, 4.69) is 21.5 Å². The third kappa shape index (κ3) is 6.31. The number of nitrogens with one attached hydrogen (secondary N) is 2. The molecule has 1 saturated carbocycles. The smallest absolute Gasteiger partial charge is 0.192 e. The molecule has 1 fully saturated rings. The van der Waals surface area contributed by atoms with E-state index in [1.165, 1.54) is 12.8 Å². The zero-order valence-electron chi connectivity index (χ0n) is 9.96. The van der Waals surface area contributed by atoms with Gasteiger partial charge in [0.2, 0.25) is 0 Å². The maximum atomic E-state index is 5.49. The summed E-state index contributed by atoms with van der Waals surface area (Å²) in [5.74, 6) is 4.09. The van der Waals surface area contributed by atoms with Gasteiger partial charge >= 0.3 is 0 Å². The summed E-state index contributed by atoms with van der Waals surface area (Å²) < 4.78 is 5.49. The van der Waals surface area contributed by atoms with E-state index < -0.39 is 0 Å². The van der Waals surface area contributed by atoms with Crippen molar-refractivity contribution in [2.75, 3.05) is 32.8 Å². The van der Waals surface area contributed by atoms with E-state index in [-0.39, 0.29) is 0 Å². The zero-order valence-corrected chi connectivity index (χ0v) is 9.96. The Morgan fingerprint density at radius 3 is 2.94 bits per heavy atom. The topological polar surface area (TPSA) is 45.7 Å². The van der Waals surface area contributed by atoms with Crippen molar-refractivity contribution in [2.45, 2.75) is 19.8 Å². The Balaban J connectivity index is 2.07. The lowest BCUT2D eigenvalue weighted by Crippen LogP contribution is -2.37. The Kier molecular flexibility index (Phi) is 6.43. The van der Waals surface area contributed by atoms with Gasteiger partial charge in [-0.3, -0.25) is 4.99 Å². The second kappa shape index (κ2) is 8.00. The second-order valence-corrected chi connectivity index (χ2v) is 3.84. The highest BCUT2D eigenvalue weighted by molar-refractivity contribution is 5.79. The fourth-order valence-electron chi connectivity index (χ4n) is 1.23. The summed E-state index contributed by atoms with van der Waals surface area (Å²) in [6.07, 6.45) is 7.83. The second-order valence-electron chi connectivity index (χ2n) is 3.84. The van der Waals surface area contributed by atoms with Gasteiger partial charge in [0.1, 0.15) is 0 Å². The number of rotatable bonds is 7. The lowest BCUT2D eigenvalue weighted by molar-refractivity contribution is 0.132. The van der Waals surface area contributed by atoms with Crippen LogP contribution in [-0.2, 0) is 4.74 Å². The van der Waals surface area contributed by atoms with Crippen LogP contribution < -0.4 is 10.6 Å². The molecule has 0 spiro atoms. The predicted octanol–water partition coefficient (Wildman–Crippen LogP) is 0.601. The standard InChI is InChI=1S/C12H21N3O/c1-3-7-14-12(13-4-2)15-8-9-16-10-11-5-6-11/h1,11H,4-10H2,2H3,(H2,13,14,15). The first-order chi connectivity index (χ1) is 7.86. The molecule has 0 bridgehead atoms. The summed E-state index contributed by atoms with van der Waals surface area (Å²) in [5.41, 5.74) is 0. The molecule has 0 atom stereocenters. The van der Waals surface area contributed by atoms with Crippen molar-refractivity contribution in [1.29, 1.82) is 0 Å². The third-order valence-electron chi connectivity index (χ3n) is 2.26. The predicted molar refractivity (Wildman–Crippen MR) is 66.4 cm³/mol. The summed E-state index contributed by atoms with van der Waals surface area (Å²) in [5, 5.41) is 6.15.